The zero-order valence-electron chi connectivity index (χ0n) is 52.9. The van der Waals surface area contributed by atoms with Gasteiger partial charge in [0.05, 0.1) is 25.4 Å². The van der Waals surface area contributed by atoms with Crippen LogP contribution in [0.15, 0.2) is 36.5 Å². The molecule has 1 aliphatic heterocycles. The van der Waals surface area contributed by atoms with E-state index in [0.717, 1.165) is 77.0 Å². The highest BCUT2D eigenvalue weighted by Gasteiger charge is 2.47. The monoisotopic (exact) mass is 1150 g/mol. The van der Waals surface area contributed by atoms with Gasteiger partial charge in [0.25, 0.3) is 0 Å². The topological polar surface area (TPSA) is 175 Å². The Morgan fingerprint density at radius 2 is 0.852 bits per heavy atom. The first kappa shape index (κ1) is 76.9. The Bertz CT molecular complexity index is 1460. The molecular weight excluding hydrogens is 1010 g/mol. The Labute approximate surface area is 498 Å². The largest absolute Gasteiger partial charge is 0.454 e. The second-order valence-electron chi connectivity index (χ2n) is 24.3. The van der Waals surface area contributed by atoms with Crippen molar-refractivity contribution in [2.24, 2.45) is 0 Å². The van der Waals surface area contributed by atoms with Gasteiger partial charge in [-0.1, -0.05) is 308 Å². The van der Waals surface area contributed by atoms with Gasteiger partial charge in [0.1, 0.15) is 24.4 Å². The normalized spacial score (nSPS) is 18.8. The summed E-state index contributed by atoms with van der Waals surface area (Å²) in [5, 5.41) is 57.1. The van der Waals surface area contributed by atoms with Crippen molar-refractivity contribution < 1.29 is 49.3 Å². The van der Waals surface area contributed by atoms with Crippen LogP contribution in [-0.4, -0.2) is 99.6 Å². The predicted molar refractivity (Wildman–Crippen MR) is 338 cm³/mol. The SMILES string of the molecule is CCCCC/C=C\C/C=C\CCCCCCCCCC(=O)OC1C(OCC(NC(=O)C(O)CCCCCCCCCCCCCCCCCCCCCCCCCC)C(O)/C=C/CCCCCCCCCCC)OC(CO)C(O)C1O. The van der Waals surface area contributed by atoms with Crippen molar-refractivity contribution in [2.75, 3.05) is 13.2 Å². The van der Waals surface area contributed by atoms with Crippen molar-refractivity contribution in [3.8, 4) is 0 Å². The average molecular weight is 1150 g/mol. The van der Waals surface area contributed by atoms with E-state index in [-0.39, 0.29) is 13.0 Å². The summed E-state index contributed by atoms with van der Waals surface area (Å²) < 4.78 is 17.7. The number of ether oxygens (including phenoxy) is 3. The number of aliphatic hydroxyl groups excluding tert-OH is 5. The van der Waals surface area contributed by atoms with Crippen LogP contribution in [0.4, 0.5) is 0 Å². The molecule has 1 aliphatic rings. The van der Waals surface area contributed by atoms with Crippen LogP contribution < -0.4 is 5.32 Å². The molecule has 0 aromatic rings. The van der Waals surface area contributed by atoms with E-state index in [1.807, 2.05) is 6.08 Å². The van der Waals surface area contributed by atoms with E-state index in [2.05, 4.69) is 50.4 Å². The molecule has 0 spiro atoms. The molecular formula is C70H131NO10. The number of carbonyl (C=O) groups is 2. The van der Waals surface area contributed by atoms with Gasteiger partial charge in [-0.3, -0.25) is 9.59 Å². The Hall–Kier alpha value is -2.12. The summed E-state index contributed by atoms with van der Waals surface area (Å²) in [7, 11) is 0. The van der Waals surface area contributed by atoms with Crippen molar-refractivity contribution in [1.82, 2.24) is 5.32 Å². The van der Waals surface area contributed by atoms with Gasteiger partial charge in [-0.05, 0) is 57.8 Å². The molecule has 11 heteroatoms. The number of esters is 1. The Balaban J connectivity index is 2.56. The molecule has 1 fully saturated rings. The van der Waals surface area contributed by atoms with Crippen LogP contribution in [0.1, 0.15) is 335 Å². The number of hydrogen-bond acceptors (Lipinski definition) is 10. The number of hydrogen-bond donors (Lipinski definition) is 6. The quantitative estimate of drug-likeness (QED) is 0.0195. The van der Waals surface area contributed by atoms with Gasteiger partial charge < -0.3 is 45.1 Å². The highest BCUT2D eigenvalue weighted by atomic mass is 16.7. The molecule has 1 heterocycles. The maximum Gasteiger partial charge on any atom is 0.306 e. The number of aliphatic hydroxyl groups is 5. The summed E-state index contributed by atoms with van der Waals surface area (Å²) >= 11 is 0. The molecule has 0 aromatic carbocycles. The van der Waals surface area contributed by atoms with Crippen LogP contribution in [0, 0.1) is 0 Å². The van der Waals surface area contributed by atoms with Crippen molar-refractivity contribution in [3.05, 3.63) is 36.5 Å². The van der Waals surface area contributed by atoms with Crippen molar-refractivity contribution in [1.29, 1.82) is 0 Å². The number of nitrogens with one attached hydrogen (secondary N) is 1. The lowest BCUT2D eigenvalue weighted by atomic mass is 9.99. The summed E-state index contributed by atoms with van der Waals surface area (Å²) in [5.74, 6) is -1.19. The second kappa shape index (κ2) is 58.3. The number of carbonyl (C=O) groups excluding carboxylic acids is 2. The lowest BCUT2D eigenvalue weighted by Crippen LogP contribution is -2.61. The fraction of sp³-hybridized carbons (Fsp3) is 0.886. The van der Waals surface area contributed by atoms with Gasteiger partial charge in [0.15, 0.2) is 12.4 Å². The van der Waals surface area contributed by atoms with Crippen LogP contribution >= 0.6 is 0 Å². The summed E-state index contributed by atoms with van der Waals surface area (Å²) in [6.07, 6.45) is 60.5. The summed E-state index contributed by atoms with van der Waals surface area (Å²) in [5.41, 5.74) is 0. The molecule has 0 bridgehead atoms. The minimum absolute atomic E-state index is 0.117. The third-order valence-electron chi connectivity index (χ3n) is 16.5. The molecule has 0 aliphatic carbocycles. The second-order valence-corrected chi connectivity index (χ2v) is 24.3. The van der Waals surface area contributed by atoms with Gasteiger partial charge in [0, 0.05) is 6.42 Å². The fourth-order valence-electron chi connectivity index (χ4n) is 11.0. The maximum absolute atomic E-state index is 13.5. The number of unbranched alkanes of at least 4 members (excludes halogenated alkanes) is 42. The molecule has 11 nitrogen and oxygen atoms in total. The molecule has 476 valence electrons. The van der Waals surface area contributed by atoms with Crippen molar-refractivity contribution in [2.45, 2.75) is 384 Å². The first-order valence-corrected chi connectivity index (χ1v) is 34.8. The van der Waals surface area contributed by atoms with Gasteiger partial charge in [-0.15, -0.1) is 0 Å². The van der Waals surface area contributed by atoms with Gasteiger partial charge >= 0.3 is 5.97 Å². The lowest BCUT2D eigenvalue weighted by Gasteiger charge is -2.41. The van der Waals surface area contributed by atoms with Gasteiger partial charge in [-0.25, -0.2) is 0 Å². The molecule has 0 aromatic heterocycles. The number of rotatable bonds is 60. The van der Waals surface area contributed by atoms with Crippen LogP contribution in [-0.2, 0) is 23.8 Å². The summed E-state index contributed by atoms with van der Waals surface area (Å²) in [6.45, 7) is 5.80. The number of amides is 1. The first-order chi connectivity index (χ1) is 39.7. The van der Waals surface area contributed by atoms with E-state index in [4.69, 9.17) is 14.2 Å². The average Bonchev–Trinajstić information content (AvgIpc) is 3.52. The maximum atomic E-state index is 13.5. The fourth-order valence-corrected chi connectivity index (χ4v) is 11.0. The molecule has 0 saturated carbocycles. The third-order valence-corrected chi connectivity index (χ3v) is 16.5. The van der Waals surface area contributed by atoms with E-state index in [1.54, 1.807) is 6.08 Å². The zero-order chi connectivity index (χ0) is 58.9. The van der Waals surface area contributed by atoms with Gasteiger partial charge in [0.2, 0.25) is 5.91 Å². The first-order valence-electron chi connectivity index (χ1n) is 34.8. The smallest absolute Gasteiger partial charge is 0.306 e. The summed E-state index contributed by atoms with van der Waals surface area (Å²) in [6, 6.07) is -1.02. The molecule has 1 amide bonds. The Morgan fingerprint density at radius 1 is 0.481 bits per heavy atom. The molecule has 1 rings (SSSR count). The van der Waals surface area contributed by atoms with Crippen molar-refractivity contribution >= 4 is 11.9 Å². The van der Waals surface area contributed by atoms with E-state index >= 15 is 0 Å². The van der Waals surface area contributed by atoms with Crippen LogP contribution in [0.5, 0.6) is 0 Å². The minimum Gasteiger partial charge on any atom is -0.454 e. The van der Waals surface area contributed by atoms with E-state index in [9.17, 15) is 35.1 Å². The Morgan fingerprint density at radius 3 is 1.28 bits per heavy atom. The Kier molecular flexibility index (Phi) is 55.3. The molecule has 0 radical (unpaired) electrons. The number of allylic oxidation sites excluding steroid dienone is 5. The van der Waals surface area contributed by atoms with E-state index in [1.165, 1.54) is 212 Å². The third kappa shape index (κ3) is 45.9. The predicted octanol–water partition coefficient (Wildman–Crippen LogP) is 17.4. The highest BCUT2D eigenvalue weighted by molar-refractivity contribution is 5.80. The van der Waals surface area contributed by atoms with E-state index in [0.29, 0.717) is 19.3 Å². The molecule has 1 saturated heterocycles. The van der Waals surface area contributed by atoms with Crippen molar-refractivity contribution in [3.63, 3.8) is 0 Å². The van der Waals surface area contributed by atoms with Gasteiger partial charge in [-0.2, -0.15) is 0 Å². The van der Waals surface area contributed by atoms with E-state index < -0.39 is 67.4 Å². The molecule has 6 N–H and O–H groups in total. The standard InChI is InChI=1S/C70H131NO10/c1-4-7-10-13-16-19-22-24-26-28-29-30-31-32-33-34-36-37-39-42-45-48-51-54-57-63(74)69(78)71-61(62(73)56-53-50-47-44-41-21-18-15-12-9-6-3)60-79-70-68(67(77)66(76)64(59-72)80-70)81-65(75)58-55-52-49-46-43-40-38-35-27-25-23-20-17-14-11-8-5-2/h17,20,25,27,53,56,61-64,66-68,70,72-74,76-77H,4-16,18-19,21-24,26,28-52,54-55,57-60H2,1-3H3,(H,71,78)/b20-17-,27-25-,56-53+. The summed E-state index contributed by atoms with van der Waals surface area (Å²) in [4.78, 5) is 26.6. The van der Waals surface area contributed by atoms with Crippen LogP contribution in [0.25, 0.3) is 0 Å². The molecule has 81 heavy (non-hydrogen) atoms. The molecule has 8 atom stereocenters. The van der Waals surface area contributed by atoms with Crippen LogP contribution in [0.2, 0.25) is 0 Å². The molecule has 8 unspecified atom stereocenters. The van der Waals surface area contributed by atoms with Crippen LogP contribution in [0.3, 0.4) is 0 Å². The minimum atomic E-state index is -1.61. The highest BCUT2D eigenvalue weighted by Crippen LogP contribution is 2.26. The zero-order valence-corrected chi connectivity index (χ0v) is 52.9. The lowest BCUT2D eigenvalue weighted by molar-refractivity contribution is -0.305.